The van der Waals surface area contributed by atoms with Gasteiger partial charge in [0.05, 0.1) is 34.4 Å². The zero-order valence-electron chi connectivity index (χ0n) is 30.1. The van der Waals surface area contributed by atoms with E-state index in [9.17, 15) is 56.2 Å². The summed E-state index contributed by atoms with van der Waals surface area (Å²) in [6, 6.07) is 6.93. The molecular weight excluding hydrogens is 821 g/mol. The van der Waals surface area contributed by atoms with E-state index in [1.165, 1.54) is 13.8 Å². The van der Waals surface area contributed by atoms with Crippen LogP contribution in [-0.4, -0.2) is 59.4 Å². The summed E-state index contributed by atoms with van der Waals surface area (Å²) in [6.07, 6.45) is -15.4. The van der Waals surface area contributed by atoms with Crippen LogP contribution in [0.2, 0.25) is 0 Å². The molecule has 308 valence electrons. The van der Waals surface area contributed by atoms with Crippen molar-refractivity contribution in [2.45, 2.75) is 75.5 Å². The molecule has 4 rings (SSSR count). The van der Waals surface area contributed by atoms with Crippen molar-refractivity contribution >= 4 is 35.1 Å². The van der Waals surface area contributed by atoms with Crippen molar-refractivity contribution in [3.63, 3.8) is 0 Å². The minimum atomic E-state index is -5.15. The average molecular weight is 854 g/mol. The van der Waals surface area contributed by atoms with Crippen molar-refractivity contribution in [1.29, 1.82) is 0 Å². The zero-order valence-corrected chi connectivity index (χ0v) is 31.6. The summed E-state index contributed by atoms with van der Waals surface area (Å²) in [5.74, 6) is -3.41. The predicted octanol–water partition coefficient (Wildman–Crippen LogP) is 8.10. The highest BCUT2D eigenvalue weighted by atomic mass is 35.5. The van der Waals surface area contributed by atoms with E-state index in [2.05, 4.69) is 0 Å². The number of carbonyl (C=O) groups excluding carboxylic acids is 2. The molecule has 2 aromatic rings. The molecule has 13 nitrogen and oxygen atoms in total. The standard InChI is InChI=1S/C36H32Cl2F6N2O11/c1-5-53-31(47)19(3)55-29-27(37)25(15-17-33(29,45(49)50)21-11-7-9-13-23(21)35(39,40)41)57-26-16-18-34(46(51)52,22-12-8-10-14-24(22)36(42,43)44)30(28(26)38)56-20(4)32(48)54-6-2/h7-20,29-30H,5-6H2,1-4H3. The van der Waals surface area contributed by atoms with Crippen LogP contribution >= 0.6 is 23.2 Å². The molecule has 2 aliphatic rings. The summed E-state index contributed by atoms with van der Waals surface area (Å²) in [5, 5.41) is 24.3. The van der Waals surface area contributed by atoms with Crippen molar-refractivity contribution < 1.29 is 69.5 Å². The zero-order chi connectivity index (χ0) is 42.7. The Morgan fingerprint density at radius 3 is 1.33 bits per heavy atom. The molecule has 2 aliphatic carbocycles. The largest absolute Gasteiger partial charge is 0.464 e. The Kier molecular flexibility index (Phi) is 13.5. The number of nitrogens with zero attached hydrogens (tertiary/aromatic N) is 2. The number of alkyl halides is 6. The molecule has 0 amide bonds. The fourth-order valence-corrected chi connectivity index (χ4v) is 6.80. The lowest BCUT2D eigenvalue weighted by atomic mass is 9.78. The maximum Gasteiger partial charge on any atom is 0.416 e. The highest BCUT2D eigenvalue weighted by molar-refractivity contribution is 6.31. The van der Waals surface area contributed by atoms with Crippen LogP contribution in [0.3, 0.4) is 0 Å². The lowest BCUT2D eigenvalue weighted by Crippen LogP contribution is -2.51. The fraction of sp³-hybridized carbons (Fsp3) is 0.389. The number of benzene rings is 2. The van der Waals surface area contributed by atoms with Crippen LogP contribution in [-0.2, 0) is 56.7 Å². The lowest BCUT2D eigenvalue weighted by Gasteiger charge is -2.37. The smallest absolute Gasteiger partial charge is 0.416 e. The number of carbonyl (C=O) groups is 2. The van der Waals surface area contributed by atoms with Gasteiger partial charge >= 0.3 is 24.3 Å². The molecule has 6 atom stereocenters. The second kappa shape index (κ2) is 17.3. The molecule has 0 saturated carbocycles. The SMILES string of the molecule is CCOC(=O)C(C)OC1C(Cl)=C(OC2=C(Cl)C(OC(C)C(=O)OCC)C(c3ccccc3C(F)(F)F)([N+](=O)[O-])C=C2)C=CC1(c1ccccc1C(F)(F)F)[N+](=O)[O-]. The summed E-state index contributed by atoms with van der Waals surface area (Å²) in [4.78, 5) is 49.0. The van der Waals surface area contributed by atoms with E-state index in [-0.39, 0.29) is 13.2 Å². The maximum atomic E-state index is 14.3. The minimum Gasteiger partial charge on any atom is -0.464 e. The lowest BCUT2D eigenvalue weighted by molar-refractivity contribution is -0.576. The first-order valence-corrected chi connectivity index (χ1v) is 17.5. The number of ether oxygens (including phenoxy) is 5. The number of hydrogen-bond donors (Lipinski definition) is 0. The van der Waals surface area contributed by atoms with Gasteiger partial charge in [0.15, 0.2) is 24.4 Å². The molecule has 0 spiro atoms. The van der Waals surface area contributed by atoms with Crippen LogP contribution in [0.25, 0.3) is 0 Å². The van der Waals surface area contributed by atoms with Crippen molar-refractivity contribution in [3.05, 3.63) is 137 Å². The van der Waals surface area contributed by atoms with Gasteiger partial charge in [0, 0.05) is 33.1 Å². The van der Waals surface area contributed by atoms with Crippen molar-refractivity contribution in [1.82, 2.24) is 0 Å². The number of esters is 2. The number of rotatable bonds is 14. The Hall–Kier alpha value is -4.98. The molecule has 0 N–H and O–H groups in total. The number of allylic oxidation sites excluding steroid dienone is 2. The van der Waals surface area contributed by atoms with E-state index in [0.29, 0.717) is 24.3 Å². The van der Waals surface area contributed by atoms with Gasteiger partial charge in [-0.05, 0) is 52.0 Å². The molecular formula is C36H32Cl2F6N2O11. The molecule has 21 heteroatoms. The van der Waals surface area contributed by atoms with Gasteiger partial charge in [-0.2, -0.15) is 26.3 Å². The minimum absolute atomic E-state index is 0.178. The Morgan fingerprint density at radius 1 is 0.702 bits per heavy atom. The van der Waals surface area contributed by atoms with Gasteiger partial charge in [0.25, 0.3) is 11.1 Å². The summed E-state index contributed by atoms with van der Waals surface area (Å²) < 4.78 is 113. The first kappa shape index (κ1) is 44.7. The molecule has 0 radical (unpaired) electrons. The van der Waals surface area contributed by atoms with E-state index in [0.717, 1.165) is 62.4 Å². The summed E-state index contributed by atoms with van der Waals surface area (Å²) in [5.41, 5.74) is -10.8. The van der Waals surface area contributed by atoms with Crippen LogP contribution in [0, 0.1) is 20.2 Å². The molecule has 0 bridgehead atoms. The third-order valence-corrected chi connectivity index (χ3v) is 9.55. The van der Waals surface area contributed by atoms with E-state index >= 15 is 0 Å². The highest BCUT2D eigenvalue weighted by Gasteiger charge is 2.61. The Morgan fingerprint density at radius 2 is 1.04 bits per heavy atom. The first-order valence-electron chi connectivity index (χ1n) is 16.7. The van der Waals surface area contributed by atoms with Gasteiger partial charge in [-0.3, -0.25) is 20.2 Å². The van der Waals surface area contributed by atoms with Gasteiger partial charge in [0.1, 0.15) is 11.5 Å². The number of hydrogen-bond acceptors (Lipinski definition) is 11. The molecule has 6 unspecified atom stereocenters. The van der Waals surface area contributed by atoms with Crippen molar-refractivity contribution in [3.8, 4) is 0 Å². The Balaban J connectivity index is 1.96. The molecule has 0 fully saturated rings. The van der Waals surface area contributed by atoms with Crippen LogP contribution in [0.15, 0.2) is 94.4 Å². The average Bonchev–Trinajstić information content (AvgIpc) is 3.14. The summed E-state index contributed by atoms with van der Waals surface area (Å²) >= 11 is 13.4. The highest BCUT2D eigenvalue weighted by Crippen LogP contribution is 2.50. The molecule has 57 heavy (non-hydrogen) atoms. The normalized spacial score (nSPS) is 23.5. The summed E-state index contributed by atoms with van der Waals surface area (Å²) in [6.45, 7) is 4.69. The van der Waals surface area contributed by atoms with Crippen molar-refractivity contribution in [2.75, 3.05) is 13.2 Å². The third kappa shape index (κ3) is 8.65. The second-order valence-corrected chi connectivity index (χ2v) is 13.1. The van der Waals surface area contributed by atoms with Gasteiger partial charge in [0.2, 0.25) is 0 Å². The van der Waals surface area contributed by atoms with Gasteiger partial charge in [-0.25, -0.2) is 9.59 Å². The molecule has 0 heterocycles. The predicted molar refractivity (Wildman–Crippen MR) is 187 cm³/mol. The quantitative estimate of drug-likeness (QED) is 0.0780. The van der Waals surface area contributed by atoms with Gasteiger partial charge < -0.3 is 23.7 Å². The molecule has 0 aromatic heterocycles. The first-order chi connectivity index (χ1) is 26.6. The van der Waals surface area contributed by atoms with Gasteiger partial charge in [-0.1, -0.05) is 59.6 Å². The Labute approximate surface area is 329 Å². The van der Waals surface area contributed by atoms with Gasteiger partial charge in [-0.15, -0.1) is 0 Å². The summed E-state index contributed by atoms with van der Waals surface area (Å²) in [7, 11) is 0. The molecule has 0 aliphatic heterocycles. The number of halogens is 8. The number of nitro groups is 2. The molecule has 0 saturated heterocycles. The third-order valence-electron chi connectivity index (χ3n) is 8.78. The van der Waals surface area contributed by atoms with Crippen LogP contribution < -0.4 is 0 Å². The van der Waals surface area contributed by atoms with E-state index < -0.39 is 113 Å². The van der Waals surface area contributed by atoms with E-state index in [1.54, 1.807) is 0 Å². The fourth-order valence-electron chi connectivity index (χ4n) is 6.16. The molecule has 2 aromatic carbocycles. The van der Waals surface area contributed by atoms with Crippen LogP contribution in [0.5, 0.6) is 0 Å². The monoisotopic (exact) mass is 852 g/mol. The second-order valence-electron chi connectivity index (χ2n) is 12.3. The van der Waals surface area contributed by atoms with E-state index in [1.807, 2.05) is 0 Å². The Bertz CT molecular complexity index is 1900. The van der Waals surface area contributed by atoms with Crippen LogP contribution in [0.1, 0.15) is 49.9 Å². The van der Waals surface area contributed by atoms with Crippen LogP contribution in [0.4, 0.5) is 26.3 Å². The maximum absolute atomic E-state index is 14.3. The topological polar surface area (TPSA) is 167 Å². The van der Waals surface area contributed by atoms with Crippen molar-refractivity contribution in [2.24, 2.45) is 0 Å². The van der Waals surface area contributed by atoms with E-state index in [4.69, 9.17) is 46.9 Å².